The van der Waals surface area contributed by atoms with Crippen LogP contribution in [0.2, 0.25) is 0 Å². The van der Waals surface area contributed by atoms with Gasteiger partial charge in [-0.3, -0.25) is 0 Å². The maximum atomic E-state index is 12.2. The summed E-state index contributed by atoms with van der Waals surface area (Å²) in [6.07, 6.45) is 0. The summed E-state index contributed by atoms with van der Waals surface area (Å²) in [6.45, 7) is 4.10. The van der Waals surface area contributed by atoms with Gasteiger partial charge in [-0.05, 0) is 70.0 Å². The number of halogens is 1. The molecule has 3 rings (SSSR count). The van der Waals surface area contributed by atoms with E-state index in [4.69, 9.17) is 9.57 Å². The minimum absolute atomic E-state index is 0.272. The molecule has 0 spiro atoms. The van der Waals surface area contributed by atoms with Gasteiger partial charge in [-0.25, -0.2) is 4.79 Å². The van der Waals surface area contributed by atoms with Crippen LogP contribution in [0.3, 0.4) is 0 Å². The van der Waals surface area contributed by atoms with Crippen molar-refractivity contribution in [3.63, 3.8) is 0 Å². The molecule has 0 unspecified atom stereocenters. The van der Waals surface area contributed by atoms with Gasteiger partial charge < -0.3 is 9.57 Å². The van der Waals surface area contributed by atoms with Gasteiger partial charge in [0.05, 0.1) is 15.9 Å². The second kappa shape index (κ2) is 8.39. The van der Waals surface area contributed by atoms with E-state index in [9.17, 15) is 4.79 Å². The van der Waals surface area contributed by atoms with Crippen LogP contribution in [0, 0.1) is 6.92 Å². The molecule has 8 nitrogen and oxygen atoms in total. The number of aryl methyl sites for hydroxylation is 2. The zero-order valence-electron chi connectivity index (χ0n) is 16.0. The molecular weight excluding hydrogens is 426 g/mol. The smallest absolute Gasteiger partial charge is 0.368 e. The summed E-state index contributed by atoms with van der Waals surface area (Å²) in [5.41, 5.74) is 3.87. The Morgan fingerprint density at radius 2 is 2.04 bits per heavy atom. The van der Waals surface area contributed by atoms with Crippen LogP contribution in [0.1, 0.15) is 23.6 Å². The average molecular weight is 446 g/mol. The second-order valence-corrected chi connectivity index (χ2v) is 7.02. The van der Waals surface area contributed by atoms with E-state index >= 15 is 0 Å². The van der Waals surface area contributed by atoms with Crippen molar-refractivity contribution in [2.75, 3.05) is 7.11 Å². The molecule has 146 valence electrons. The largest absolute Gasteiger partial charge is 0.488 e. The Morgan fingerprint density at radius 3 is 2.68 bits per heavy atom. The normalized spacial score (nSPS) is 11.5. The number of ether oxygens (including phenoxy) is 1. The topological polar surface area (TPSA) is 83.5 Å². The summed E-state index contributed by atoms with van der Waals surface area (Å²) in [4.78, 5) is 17.1. The predicted octanol–water partition coefficient (Wildman–Crippen LogP) is 2.99. The van der Waals surface area contributed by atoms with Crippen LogP contribution in [-0.4, -0.2) is 32.6 Å². The number of nitrogens with zero attached hydrogens (tertiary/aromatic N) is 5. The minimum Gasteiger partial charge on any atom is -0.488 e. The number of oxime groups is 1. The third-order valence-corrected chi connectivity index (χ3v) is 4.90. The van der Waals surface area contributed by atoms with Gasteiger partial charge in [0, 0.05) is 18.2 Å². The van der Waals surface area contributed by atoms with Crippen molar-refractivity contribution in [2.24, 2.45) is 12.2 Å². The van der Waals surface area contributed by atoms with Gasteiger partial charge in [-0.2, -0.15) is 9.36 Å². The van der Waals surface area contributed by atoms with Crippen molar-refractivity contribution in [2.45, 2.75) is 20.5 Å². The SMILES string of the molecule is CON=C(C)c1ccc(OCc2c(C)cccc2-n2nnn(C)c2=O)c(Br)c1. The van der Waals surface area contributed by atoms with Crippen LogP contribution in [0.4, 0.5) is 0 Å². The highest BCUT2D eigenvalue weighted by Crippen LogP contribution is 2.28. The van der Waals surface area contributed by atoms with E-state index in [1.807, 2.05) is 50.2 Å². The molecule has 9 heteroatoms. The van der Waals surface area contributed by atoms with E-state index < -0.39 is 0 Å². The van der Waals surface area contributed by atoms with Gasteiger partial charge in [0.1, 0.15) is 19.5 Å². The fourth-order valence-electron chi connectivity index (χ4n) is 2.72. The zero-order chi connectivity index (χ0) is 20.3. The molecule has 0 aliphatic heterocycles. The molecule has 0 radical (unpaired) electrons. The van der Waals surface area contributed by atoms with Gasteiger partial charge >= 0.3 is 5.69 Å². The van der Waals surface area contributed by atoms with Crippen LogP contribution in [0.15, 0.2) is 50.8 Å². The molecule has 28 heavy (non-hydrogen) atoms. The van der Waals surface area contributed by atoms with E-state index in [2.05, 4.69) is 31.5 Å². The van der Waals surface area contributed by atoms with Crippen LogP contribution in [0.5, 0.6) is 5.75 Å². The number of tetrazole rings is 1. The van der Waals surface area contributed by atoms with E-state index in [1.165, 1.54) is 16.5 Å². The quantitative estimate of drug-likeness (QED) is 0.430. The summed E-state index contributed by atoms with van der Waals surface area (Å²) in [5, 5.41) is 11.7. The number of hydrogen-bond donors (Lipinski definition) is 0. The van der Waals surface area contributed by atoms with Crippen molar-refractivity contribution >= 4 is 21.6 Å². The maximum absolute atomic E-state index is 12.2. The predicted molar refractivity (Wildman–Crippen MR) is 109 cm³/mol. The van der Waals surface area contributed by atoms with E-state index in [0.29, 0.717) is 11.4 Å². The molecule has 1 aromatic heterocycles. The first-order valence-corrected chi connectivity index (χ1v) is 9.30. The summed E-state index contributed by atoms with van der Waals surface area (Å²) >= 11 is 3.54. The summed E-state index contributed by atoms with van der Waals surface area (Å²) in [5.74, 6) is 0.676. The number of aromatic nitrogens is 4. The molecule has 0 N–H and O–H groups in total. The van der Waals surface area contributed by atoms with Crippen LogP contribution < -0.4 is 10.4 Å². The fourth-order valence-corrected chi connectivity index (χ4v) is 3.21. The van der Waals surface area contributed by atoms with Crippen LogP contribution >= 0.6 is 15.9 Å². The van der Waals surface area contributed by atoms with E-state index in [0.717, 1.165) is 26.9 Å². The molecule has 0 atom stereocenters. The lowest BCUT2D eigenvalue weighted by atomic mass is 10.1. The lowest BCUT2D eigenvalue weighted by Crippen LogP contribution is -2.23. The average Bonchev–Trinajstić information content (AvgIpc) is 3.00. The standard InChI is InChI=1S/C19H20BrN5O3/c1-12-6-5-7-17(25-19(26)24(3)22-23-25)15(12)11-28-18-9-8-14(10-16(18)20)13(2)21-27-4/h5-10H,11H2,1-4H3. The van der Waals surface area contributed by atoms with Gasteiger partial charge in [-0.1, -0.05) is 17.3 Å². The highest BCUT2D eigenvalue weighted by Gasteiger charge is 2.14. The van der Waals surface area contributed by atoms with Gasteiger partial charge in [0.2, 0.25) is 0 Å². The highest BCUT2D eigenvalue weighted by molar-refractivity contribution is 9.10. The molecule has 1 heterocycles. The molecule has 0 amide bonds. The first kappa shape index (κ1) is 19.8. The Kier molecular flexibility index (Phi) is 5.93. The van der Waals surface area contributed by atoms with Crippen LogP contribution in [0.25, 0.3) is 5.69 Å². The van der Waals surface area contributed by atoms with Crippen molar-refractivity contribution in [1.29, 1.82) is 0 Å². The molecule has 0 bridgehead atoms. The van der Waals surface area contributed by atoms with Gasteiger partial charge in [-0.15, -0.1) is 0 Å². The summed E-state index contributed by atoms with van der Waals surface area (Å²) in [7, 11) is 3.07. The third kappa shape index (κ3) is 3.99. The first-order valence-electron chi connectivity index (χ1n) is 8.50. The van der Waals surface area contributed by atoms with Crippen LogP contribution in [-0.2, 0) is 18.5 Å². The monoisotopic (exact) mass is 445 g/mol. The lowest BCUT2D eigenvalue weighted by molar-refractivity contribution is 0.213. The molecule has 0 saturated heterocycles. The zero-order valence-corrected chi connectivity index (χ0v) is 17.6. The fraction of sp³-hybridized carbons (Fsp3) is 0.263. The summed E-state index contributed by atoms with van der Waals surface area (Å²) < 4.78 is 9.27. The van der Waals surface area contributed by atoms with E-state index in [-0.39, 0.29) is 12.3 Å². The molecule has 0 saturated carbocycles. The van der Waals surface area contributed by atoms with Gasteiger partial charge in [0.25, 0.3) is 0 Å². The Bertz CT molecular complexity index is 1090. The molecule has 0 fully saturated rings. The van der Waals surface area contributed by atoms with Crippen molar-refractivity contribution in [3.8, 4) is 11.4 Å². The Morgan fingerprint density at radius 1 is 1.25 bits per heavy atom. The van der Waals surface area contributed by atoms with E-state index in [1.54, 1.807) is 7.05 Å². The highest BCUT2D eigenvalue weighted by atomic mass is 79.9. The Hall–Kier alpha value is -2.94. The molecule has 0 aliphatic carbocycles. The first-order chi connectivity index (χ1) is 13.4. The third-order valence-electron chi connectivity index (χ3n) is 4.29. The molecular formula is C19H20BrN5O3. The van der Waals surface area contributed by atoms with Crippen molar-refractivity contribution < 1.29 is 9.57 Å². The van der Waals surface area contributed by atoms with Crippen molar-refractivity contribution in [3.05, 3.63) is 68.0 Å². The maximum Gasteiger partial charge on any atom is 0.368 e. The molecule has 3 aromatic rings. The minimum atomic E-state index is -0.315. The number of benzene rings is 2. The number of hydrogen-bond acceptors (Lipinski definition) is 6. The van der Waals surface area contributed by atoms with Gasteiger partial charge in [0.15, 0.2) is 0 Å². The summed E-state index contributed by atoms with van der Waals surface area (Å²) in [6, 6.07) is 11.3. The Balaban J connectivity index is 1.89. The second-order valence-electron chi connectivity index (χ2n) is 6.16. The number of rotatable bonds is 6. The van der Waals surface area contributed by atoms with Crippen molar-refractivity contribution in [1.82, 2.24) is 19.8 Å². The Labute approximate surface area is 170 Å². The lowest BCUT2D eigenvalue weighted by Gasteiger charge is -2.14. The molecule has 2 aromatic carbocycles. The molecule has 0 aliphatic rings.